The van der Waals surface area contributed by atoms with E-state index in [2.05, 4.69) is 25.2 Å². The number of ether oxygens (including phenoxy) is 2. The number of aliphatic hydroxyl groups is 1. The molecule has 1 spiro atoms. The first-order valence-electron chi connectivity index (χ1n) is 8.92. The molecular weight excluding hydrogens is 276 g/mol. The largest absolute Gasteiger partial charge is 0.389 e. The Morgan fingerprint density at radius 3 is 2.91 bits per heavy atom. The predicted molar refractivity (Wildman–Crippen MR) is 85.3 cm³/mol. The summed E-state index contributed by atoms with van der Waals surface area (Å²) >= 11 is 0. The van der Waals surface area contributed by atoms with Crippen molar-refractivity contribution in [2.24, 2.45) is 16.7 Å². The molecule has 0 radical (unpaired) electrons. The number of allylic oxidation sites excluding steroid dienone is 3. The summed E-state index contributed by atoms with van der Waals surface area (Å²) in [6.07, 6.45) is 14.7. The van der Waals surface area contributed by atoms with Gasteiger partial charge in [-0.1, -0.05) is 30.7 Å². The molecule has 0 aromatic rings. The zero-order valence-electron chi connectivity index (χ0n) is 13.6. The standard InChI is InChI=1S/C19H28O3/c1-18-6-5-15-12-16(20)11-14(19(15,13-18)8-7-18)3-2-4-17-21-9-10-22-17/h5-6,11,15-17,20H,2-4,7-10,12-13H2,1H3/t15-,16-,18+,19-/m0/s1. The summed E-state index contributed by atoms with van der Waals surface area (Å²) in [4.78, 5) is 0. The first-order valence-corrected chi connectivity index (χ1v) is 8.92. The molecule has 4 atom stereocenters. The van der Waals surface area contributed by atoms with Crippen molar-refractivity contribution in [3.63, 3.8) is 0 Å². The fourth-order valence-corrected chi connectivity index (χ4v) is 5.31. The van der Waals surface area contributed by atoms with E-state index in [1.165, 1.54) is 24.8 Å². The summed E-state index contributed by atoms with van der Waals surface area (Å²) in [7, 11) is 0. The van der Waals surface area contributed by atoms with Gasteiger partial charge in [-0.3, -0.25) is 0 Å². The first kappa shape index (κ1) is 14.9. The molecule has 22 heavy (non-hydrogen) atoms. The third-order valence-corrected chi connectivity index (χ3v) is 6.41. The van der Waals surface area contributed by atoms with Crippen LogP contribution in [-0.4, -0.2) is 30.7 Å². The highest BCUT2D eigenvalue weighted by atomic mass is 16.7. The van der Waals surface area contributed by atoms with Gasteiger partial charge in [0.15, 0.2) is 6.29 Å². The predicted octanol–water partition coefficient (Wildman–Crippen LogP) is 3.58. The second-order valence-corrected chi connectivity index (χ2v) is 8.01. The lowest BCUT2D eigenvalue weighted by molar-refractivity contribution is -0.0479. The molecule has 122 valence electrons. The summed E-state index contributed by atoms with van der Waals surface area (Å²) in [6, 6.07) is 0. The van der Waals surface area contributed by atoms with E-state index in [4.69, 9.17) is 9.47 Å². The Labute approximate surface area is 133 Å². The average Bonchev–Trinajstić information content (AvgIpc) is 3.08. The number of hydrogen-bond donors (Lipinski definition) is 1. The van der Waals surface area contributed by atoms with Gasteiger partial charge in [-0.15, -0.1) is 0 Å². The minimum atomic E-state index is -0.265. The van der Waals surface area contributed by atoms with Crippen LogP contribution in [0.4, 0.5) is 0 Å². The monoisotopic (exact) mass is 304 g/mol. The number of hydrogen-bond acceptors (Lipinski definition) is 3. The quantitative estimate of drug-likeness (QED) is 0.807. The molecule has 3 heteroatoms. The Morgan fingerprint density at radius 1 is 1.27 bits per heavy atom. The summed E-state index contributed by atoms with van der Waals surface area (Å²) in [5, 5.41) is 10.3. The van der Waals surface area contributed by atoms with Gasteiger partial charge in [0.1, 0.15) is 0 Å². The van der Waals surface area contributed by atoms with E-state index in [-0.39, 0.29) is 12.4 Å². The van der Waals surface area contributed by atoms with Crippen LogP contribution in [0.5, 0.6) is 0 Å². The maximum Gasteiger partial charge on any atom is 0.157 e. The van der Waals surface area contributed by atoms with Gasteiger partial charge < -0.3 is 14.6 Å². The van der Waals surface area contributed by atoms with Gasteiger partial charge in [-0.2, -0.15) is 0 Å². The molecule has 4 rings (SSSR count). The topological polar surface area (TPSA) is 38.7 Å². The van der Waals surface area contributed by atoms with E-state index >= 15 is 0 Å². The van der Waals surface area contributed by atoms with Gasteiger partial charge >= 0.3 is 0 Å². The Morgan fingerprint density at radius 2 is 2.09 bits per heavy atom. The summed E-state index contributed by atoms with van der Waals surface area (Å²) in [5.41, 5.74) is 2.23. The Balaban J connectivity index is 1.48. The zero-order valence-corrected chi connectivity index (χ0v) is 13.6. The molecule has 2 fully saturated rings. The smallest absolute Gasteiger partial charge is 0.157 e. The van der Waals surface area contributed by atoms with Crippen molar-refractivity contribution in [3.05, 3.63) is 23.8 Å². The fourth-order valence-electron chi connectivity index (χ4n) is 5.31. The Hall–Kier alpha value is -0.640. The molecule has 3 aliphatic carbocycles. The first-order chi connectivity index (χ1) is 10.6. The van der Waals surface area contributed by atoms with Crippen LogP contribution >= 0.6 is 0 Å². The lowest BCUT2D eigenvalue weighted by Crippen LogP contribution is -2.38. The highest BCUT2D eigenvalue weighted by Crippen LogP contribution is 2.64. The summed E-state index contributed by atoms with van der Waals surface area (Å²) < 4.78 is 11.1. The molecule has 1 N–H and O–H groups in total. The Kier molecular flexibility index (Phi) is 3.71. The van der Waals surface area contributed by atoms with Crippen molar-refractivity contribution in [2.75, 3.05) is 13.2 Å². The molecule has 0 aromatic heterocycles. The molecule has 0 unspecified atom stereocenters. The van der Waals surface area contributed by atoms with Crippen LogP contribution in [0.3, 0.4) is 0 Å². The Bertz CT molecular complexity index is 491. The van der Waals surface area contributed by atoms with Crippen molar-refractivity contribution in [3.8, 4) is 0 Å². The SMILES string of the molecule is C[C@@]12C=C[C@H]3C[C@@H](O)C=C(CCCC4OCCO4)[C@]3(CC1)C2. The maximum absolute atomic E-state index is 10.3. The number of aliphatic hydroxyl groups excluding tert-OH is 1. The van der Waals surface area contributed by atoms with E-state index in [9.17, 15) is 5.11 Å². The second-order valence-electron chi connectivity index (χ2n) is 8.01. The van der Waals surface area contributed by atoms with Gasteiger partial charge in [0.2, 0.25) is 0 Å². The molecule has 3 nitrogen and oxygen atoms in total. The normalized spacial score (nSPS) is 44.2. The van der Waals surface area contributed by atoms with Crippen LogP contribution in [0.1, 0.15) is 51.9 Å². The van der Waals surface area contributed by atoms with E-state index in [0.717, 1.165) is 38.9 Å². The highest BCUT2D eigenvalue weighted by molar-refractivity contribution is 5.32. The van der Waals surface area contributed by atoms with Gasteiger partial charge in [0, 0.05) is 0 Å². The van der Waals surface area contributed by atoms with Crippen LogP contribution in [0.25, 0.3) is 0 Å². The van der Waals surface area contributed by atoms with Crippen LogP contribution in [-0.2, 0) is 9.47 Å². The van der Waals surface area contributed by atoms with Crippen molar-refractivity contribution in [1.29, 1.82) is 0 Å². The highest BCUT2D eigenvalue weighted by Gasteiger charge is 2.54. The summed E-state index contributed by atoms with van der Waals surface area (Å²) in [5.74, 6) is 0.539. The van der Waals surface area contributed by atoms with Gasteiger partial charge in [-0.25, -0.2) is 0 Å². The van der Waals surface area contributed by atoms with Crippen LogP contribution in [0.2, 0.25) is 0 Å². The number of fused-ring (bicyclic) bond motifs is 1. The van der Waals surface area contributed by atoms with Gasteiger partial charge in [0.25, 0.3) is 0 Å². The fraction of sp³-hybridized carbons (Fsp3) is 0.789. The molecule has 2 bridgehead atoms. The minimum absolute atomic E-state index is 0.00232. The molecule has 1 heterocycles. The van der Waals surface area contributed by atoms with Crippen molar-refractivity contribution in [2.45, 2.75) is 64.3 Å². The zero-order chi connectivity index (χ0) is 15.2. The van der Waals surface area contributed by atoms with Crippen LogP contribution in [0, 0.1) is 16.7 Å². The van der Waals surface area contributed by atoms with E-state index < -0.39 is 0 Å². The minimum Gasteiger partial charge on any atom is -0.389 e. The molecule has 1 saturated carbocycles. The molecule has 1 aliphatic heterocycles. The van der Waals surface area contributed by atoms with Crippen LogP contribution < -0.4 is 0 Å². The third kappa shape index (κ3) is 2.47. The number of rotatable bonds is 4. The van der Waals surface area contributed by atoms with Crippen molar-refractivity contribution >= 4 is 0 Å². The van der Waals surface area contributed by atoms with E-state index in [1.807, 2.05) is 0 Å². The lowest BCUT2D eigenvalue weighted by atomic mass is 9.59. The van der Waals surface area contributed by atoms with Crippen molar-refractivity contribution < 1.29 is 14.6 Å². The second kappa shape index (κ2) is 5.47. The van der Waals surface area contributed by atoms with Gasteiger partial charge in [-0.05, 0) is 61.7 Å². The molecule has 4 aliphatic rings. The van der Waals surface area contributed by atoms with Gasteiger partial charge in [0.05, 0.1) is 19.3 Å². The summed E-state index contributed by atoms with van der Waals surface area (Å²) in [6.45, 7) is 3.87. The van der Waals surface area contributed by atoms with E-state index in [0.29, 0.717) is 16.7 Å². The van der Waals surface area contributed by atoms with E-state index in [1.54, 1.807) is 0 Å². The van der Waals surface area contributed by atoms with Crippen LogP contribution in [0.15, 0.2) is 23.8 Å². The average molecular weight is 304 g/mol. The molecular formula is C19H28O3. The van der Waals surface area contributed by atoms with Crippen molar-refractivity contribution in [1.82, 2.24) is 0 Å². The lowest BCUT2D eigenvalue weighted by Gasteiger charge is -2.46. The molecule has 1 saturated heterocycles. The maximum atomic E-state index is 10.3. The third-order valence-electron chi connectivity index (χ3n) is 6.41. The molecule has 0 aromatic carbocycles. The molecule has 0 amide bonds.